The molecule has 130 valence electrons. The zero-order valence-corrected chi connectivity index (χ0v) is 12.3. The first kappa shape index (κ1) is 17.0. The van der Waals surface area contributed by atoms with Crippen molar-refractivity contribution in [2.45, 2.75) is 12.4 Å². The summed E-state index contributed by atoms with van der Waals surface area (Å²) in [7, 11) is 0. The van der Waals surface area contributed by atoms with E-state index in [1.807, 2.05) is 0 Å². The maximum atomic E-state index is 13.0. The normalized spacial score (nSPS) is 12.4. The molecule has 3 rings (SSSR count). The molecule has 0 spiro atoms. The largest absolute Gasteiger partial charge is 0.451 e. The Morgan fingerprint density at radius 1 is 0.760 bits per heavy atom. The summed E-state index contributed by atoms with van der Waals surface area (Å²) in [5, 5.41) is 2.78. The maximum absolute atomic E-state index is 13.0. The predicted molar refractivity (Wildman–Crippen MR) is 79.3 cm³/mol. The number of rotatable bonds is 2. The van der Waals surface area contributed by atoms with E-state index < -0.39 is 23.7 Å². The summed E-state index contributed by atoms with van der Waals surface area (Å²) in [4.78, 5) is 6.88. The van der Waals surface area contributed by atoms with Crippen molar-refractivity contribution in [1.82, 2.24) is 9.97 Å². The number of benzene rings is 2. The van der Waals surface area contributed by atoms with Crippen LogP contribution in [0.4, 0.5) is 37.8 Å². The van der Waals surface area contributed by atoms with Gasteiger partial charge in [-0.1, -0.05) is 18.2 Å². The van der Waals surface area contributed by atoms with E-state index >= 15 is 0 Å². The molecule has 25 heavy (non-hydrogen) atoms. The van der Waals surface area contributed by atoms with E-state index in [0.717, 1.165) is 18.2 Å². The fourth-order valence-electron chi connectivity index (χ4n) is 2.21. The van der Waals surface area contributed by atoms with Crippen molar-refractivity contribution in [3.63, 3.8) is 0 Å². The molecule has 0 amide bonds. The van der Waals surface area contributed by atoms with Gasteiger partial charge in [-0.2, -0.15) is 26.3 Å². The number of aromatic nitrogens is 2. The van der Waals surface area contributed by atoms with Crippen LogP contribution in [0, 0.1) is 0 Å². The highest BCUT2D eigenvalue weighted by Gasteiger charge is 2.35. The van der Waals surface area contributed by atoms with Crippen molar-refractivity contribution in [1.29, 1.82) is 0 Å². The van der Waals surface area contributed by atoms with Crippen molar-refractivity contribution in [3.8, 4) is 0 Å². The number of fused-ring (bicyclic) bond motifs is 1. The summed E-state index contributed by atoms with van der Waals surface area (Å²) in [5.74, 6) is -1.60. The number of nitrogens with zero attached hydrogens (tertiary/aromatic N) is 2. The molecular weight excluding hydrogens is 348 g/mol. The second-order valence-corrected chi connectivity index (χ2v) is 5.11. The zero-order valence-electron chi connectivity index (χ0n) is 12.3. The number of hydrogen-bond acceptors (Lipinski definition) is 3. The molecule has 0 aliphatic heterocycles. The van der Waals surface area contributed by atoms with Gasteiger partial charge in [-0.3, -0.25) is 0 Å². The predicted octanol–water partition coefficient (Wildman–Crippen LogP) is 5.41. The van der Waals surface area contributed by atoms with E-state index in [9.17, 15) is 26.3 Å². The van der Waals surface area contributed by atoms with Crippen molar-refractivity contribution in [2.24, 2.45) is 0 Å². The van der Waals surface area contributed by atoms with Gasteiger partial charge in [0.1, 0.15) is 5.82 Å². The van der Waals surface area contributed by atoms with Gasteiger partial charge in [-0.25, -0.2) is 9.97 Å². The van der Waals surface area contributed by atoms with Gasteiger partial charge in [0.15, 0.2) is 0 Å². The van der Waals surface area contributed by atoms with E-state index in [-0.39, 0.29) is 22.4 Å². The molecule has 0 aliphatic rings. The highest BCUT2D eigenvalue weighted by Crippen LogP contribution is 2.34. The second kappa shape index (κ2) is 5.91. The van der Waals surface area contributed by atoms with Crippen LogP contribution in [0.5, 0.6) is 0 Å². The van der Waals surface area contributed by atoms with Crippen LogP contribution in [-0.2, 0) is 12.4 Å². The third-order valence-corrected chi connectivity index (χ3v) is 3.31. The molecule has 2 aromatic carbocycles. The molecular formula is C16H9F6N3. The Morgan fingerprint density at radius 3 is 2.16 bits per heavy atom. The maximum Gasteiger partial charge on any atom is 0.451 e. The van der Waals surface area contributed by atoms with Crippen LogP contribution >= 0.6 is 0 Å². The summed E-state index contributed by atoms with van der Waals surface area (Å²) in [6.45, 7) is 0. The first-order valence-corrected chi connectivity index (χ1v) is 6.93. The molecule has 3 aromatic rings. The quantitative estimate of drug-likeness (QED) is 0.623. The highest BCUT2D eigenvalue weighted by molar-refractivity contribution is 5.90. The zero-order chi connectivity index (χ0) is 18.2. The number of nitrogens with one attached hydrogen (secondary N) is 1. The summed E-state index contributed by atoms with van der Waals surface area (Å²) in [5.41, 5.74) is -0.932. The molecule has 0 unspecified atom stereocenters. The molecule has 0 radical (unpaired) electrons. The Bertz CT molecular complexity index is 918. The van der Waals surface area contributed by atoms with Crippen molar-refractivity contribution < 1.29 is 26.3 Å². The molecule has 9 heteroatoms. The molecule has 0 atom stereocenters. The SMILES string of the molecule is FC(F)(F)c1cccc(Nc2nc(C(F)(F)F)nc3ccccc23)c1. The third kappa shape index (κ3) is 3.65. The fourth-order valence-corrected chi connectivity index (χ4v) is 2.21. The van der Waals surface area contributed by atoms with Crippen LogP contribution in [0.25, 0.3) is 10.9 Å². The average Bonchev–Trinajstić information content (AvgIpc) is 2.53. The lowest BCUT2D eigenvalue weighted by molar-refractivity contribution is -0.144. The first-order valence-electron chi connectivity index (χ1n) is 6.93. The lowest BCUT2D eigenvalue weighted by atomic mass is 10.2. The monoisotopic (exact) mass is 357 g/mol. The smallest absolute Gasteiger partial charge is 0.340 e. The Labute approximate surface area is 137 Å². The average molecular weight is 357 g/mol. The Kier molecular flexibility index (Phi) is 4.02. The Hall–Kier alpha value is -2.84. The number of alkyl halides is 6. The van der Waals surface area contributed by atoms with Crippen molar-refractivity contribution >= 4 is 22.4 Å². The van der Waals surface area contributed by atoms with E-state index in [0.29, 0.717) is 0 Å². The summed E-state index contributed by atoms with van der Waals surface area (Å²) in [6.07, 6.45) is -9.35. The first-order chi connectivity index (χ1) is 11.6. The number of hydrogen-bond donors (Lipinski definition) is 1. The van der Waals surface area contributed by atoms with Gasteiger partial charge in [0.05, 0.1) is 11.1 Å². The van der Waals surface area contributed by atoms with Crippen molar-refractivity contribution in [3.05, 3.63) is 59.9 Å². The molecule has 0 saturated carbocycles. The van der Waals surface area contributed by atoms with Gasteiger partial charge in [-0.15, -0.1) is 0 Å². The van der Waals surface area contributed by atoms with Gasteiger partial charge in [0.2, 0.25) is 5.82 Å². The van der Waals surface area contributed by atoms with Gasteiger partial charge in [-0.05, 0) is 30.3 Å². The molecule has 0 saturated heterocycles. The molecule has 1 N–H and O–H groups in total. The summed E-state index contributed by atoms with van der Waals surface area (Å²) in [6, 6.07) is 10.0. The van der Waals surface area contributed by atoms with Crippen LogP contribution in [0.2, 0.25) is 0 Å². The van der Waals surface area contributed by atoms with Gasteiger partial charge < -0.3 is 5.32 Å². The van der Waals surface area contributed by atoms with E-state index in [2.05, 4.69) is 15.3 Å². The topological polar surface area (TPSA) is 37.8 Å². The van der Waals surface area contributed by atoms with Gasteiger partial charge in [0, 0.05) is 11.1 Å². The highest BCUT2D eigenvalue weighted by atomic mass is 19.4. The van der Waals surface area contributed by atoms with Gasteiger partial charge >= 0.3 is 12.4 Å². The van der Waals surface area contributed by atoms with E-state index in [1.165, 1.54) is 24.3 Å². The second-order valence-electron chi connectivity index (χ2n) is 5.11. The molecule has 1 heterocycles. The molecule has 1 aromatic heterocycles. The van der Waals surface area contributed by atoms with Crippen LogP contribution in [-0.4, -0.2) is 9.97 Å². The Balaban J connectivity index is 2.09. The van der Waals surface area contributed by atoms with Crippen LogP contribution in [0.3, 0.4) is 0 Å². The minimum absolute atomic E-state index is 0.0271. The number of para-hydroxylation sites is 1. The van der Waals surface area contributed by atoms with Crippen molar-refractivity contribution in [2.75, 3.05) is 5.32 Å². The Morgan fingerprint density at radius 2 is 1.48 bits per heavy atom. The van der Waals surface area contributed by atoms with Gasteiger partial charge in [0.25, 0.3) is 0 Å². The minimum Gasteiger partial charge on any atom is -0.340 e. The standard InChI is InChI=1S/C16H9F6N3/c17-15(18,19)9-4-3-5-10(8-9)23-13-11-6-1-2-7-12(11)24-14(25-13)16(20,21)22/h1-8H,(H,23,24,25). The van der Waals surface area contributed by atoms with Crippen LogP contribution in [0.1, 0.15) is 11.4 Å². The summed E-state index contributed by atoms with van der Waals surface area (Å²) < 4.78 is 77.2. The molecule has 0 bridgehead atoms. The van der Waals surface area contributed by atoms with Crippen LogP contribution in [0.15, 0.2) is 48.5 Å². The lowest BCUT2D eigenvalue weighted by Crippen LogP contribution is -2.13. The number of halogens is 6. The van der Waals surface area contributed by atoms with Crippen LogP contribution < -0.4 is 5.32 Å². The fraction of sp³-hybridized carbons (Fsp3) is 0.125. The summed E-state index contributed by atoms with van der Waals surface area (Å²) >= 11 is 0. The lowest BCUT2D eigenvalue weighted by Gasteiger charge is -2.13. The third-order valence-electron chi connectivity index (χ3n) is 3.31. The molecule has 0 fully saturated rings. The number of anilines is 2. The minimum atomic E-state index is -4.78. The molecule has 3 nitrogen and oxygen atoms in total. The molecule has 0 aliphatic carbocycles. The van der Waals surface area contributed by atoms with E-state index in [4.69, 9.17) is 0 Å². The van der Waals surface area contributed by atoms with E-state index in [1.54, 1.807) is 6.07 Å².